The molecule has 1 atom stereocenters. The second-order valence-electron chi connectivity index (χ2n) is 6.15. The van der Waals surface area contributed by atoms with Gasteiger partial charge in [0.1, 0.15) is 11.7 Å². The molecule has 0 amide bonds. The summed E-state index contributed by atoms with van der Waals surface area (Å²) >= 11 is 22.0. The average Bonchev–Trinajstić information content (AvgIpc) is 2.61. The van der Waals surface area contributed by atoms with Crippen LogP contribution in [0.3, 0.4) is 0 Å². The van der Waals surface area contributed by atoms with Gasteiger partial charge in [-0.15, -0.1) is 0 Å². The number of allylic oxidation sites excluding steroid dienone is 1. The van der Waals surface area contributed by atoms with Gasteiger partial charge in [0.15, 0.2) is 0 Å². The van der Waals surface area contributed by atoms with Gasteiger partial charge in [-0.25, -0.2) is 4.39 Å². The van der Waals surface area contributed by atoms with E-state index in [-0.39, 0.29) is 31.6 Å². The van der Waals surface area contributed by atoms with E-state index in [1.807, 2.05) is 0 Å². The van der Waals surface area contributed by atoms with Gasteiger partial charge in [0, 0.05) is 16.0 Å². The zero-order valence-corrected chi connectivity index (χ0v) is 17.8. The molecule has 0 aliphatic rings. The van der Waals surface area contributed by atoms with Gasteiger partial charge < -0.3 is 0 Å². The minimum Gasteiger partial charge on any atom is -0.207 e. The van der Waals surface area contributed by atoms with E-state index in [0.29, 0.717) is 6.07 Å². The summed E-state index contributed by atoms with van der Waals surface area (Å²) in [6.07, 6.45) is -9.72. The van der Waals surface area contributed by atoms with Crippen LogP contribution >= 0.6 is 47.0 Å². The molecule has 0 spiro atoms. The molecule has 2 aromatic carbocycles. The van der Waals surface area contributed by atoms with Crippen molar-refractivity contribution in [2.75, 3.05) is 0 Å². The quantitative estimate of drug-likeness (QED) is 0.171. The Morgan fingerprint density at radius 1 is 0.967 bits per heavy atom. The first-order valence-electron chi connectivity index (χ1n) is 7.94. The Morgan fingerprint density at radius 3 is 1.93 bits per heavy atom. The van der Waals surface area contributed by atoms with Gasteiger partial charge in [-0.3, -0.25) is 0 Å². The highest BCUT2D eigenvalue weighted by Crippen LogP contribution is 2.42. The van der Waals surface area contributed by atoms with Crippen LogP contribution in [0.25, 0.3) is 5.83 Å². The van der Waals surface area contributed by atoms with Crippen molar-refractivity contribution in [3.8, 4) is 0 Å². The molecule has 0 nitrogen and oxygen atoms in total. The van der Waals surface area contributed by atoms with Gasteiger partial charge >= 0.3 is 12.4 Å². The molecule has 0 bridgehead atoms. The van der Waals surface area contributed by atoms with E-state index < -0.39 is 40.8 Å². The Labute approximate surface area is 187 Å². The lowest BCUT2D eigenvalue weighted by atomic mass is 9.95. The molecule has 0 heterocycles. The van der Waals surface area contributed by atoms with Crippen molar-refractivity contribution in [1.29, 1.82) is 0 Å². The van der Waals surface area contributed by atoms with Crippen LogP contribution in [0.15, 0.2) is 36.4 Å². The highest BCUT2D eigenvalue weighted by molar-refractivity contribution is 7.80. The zero-order chi connectivity index (χ0) is 23.0. The Kier molecular flexibility index (Phi) is 7.49. The molecule has 1 unspecified atom stereocenters. The van der Waals surface area contributed by atoms with E-state index in [4.69, 9.17) is 47.0 Å². The number of benzene rings is 2. The van der Waals surface area contributed by atoms with Crippen LogP contribution in [0.4, 0.5) is 30.7 Å². The Balaban J connectivity index is 2.62. The number of hydrogen-bond donors (Lipinski definition) is 0. The molecule has 0 aromatic heterocycles. The maximum atomic E-state index is 14.7. The van der Waals surface area contributed by atoms with Crippen molar-refractivity contribution in [2.24, 2.45) is 0 Å². The predicted octanol–water partition coefficient (Wildman–Crippen LogP) is 9.06. The molecule has 0 saturated heterocycles. The fraction of sp³-hybridized carbons (Fsp3) is 0.211. The molecule has 0 N–H and O–H groups in total. The second kappa shape index (κ2) is 9.02. The summed E-state index contributed by atoms with van der Waals surface area (Å²) in [5.74, 6) is -4.05. The van der Waals surface area contributed by atoms with Crippen LogP contribution in [0, 0.1) is 0 Å². The number of hydrogen-bond acceptors (Lipinski definition) is 1. The van der Waals surface area contributed by atoms with Crippen LogP contribution < -0.4 is 0 Å². The van der Waals surface area contributed by atoms with E-state index in [1.165, 1.54) is 6.92 Å². The third-order valence-corrected chi connectivity index (χ3v) is 5.43. The molecular formula is C19H10Cl3F7S. The van der Waals surface area contributed by atoms with Crippen LogP contribution in [0.1, 0.15) is 35.1 Å². The standard InChI is InChI=1S/C19H10Cl3F7S/c1-8(30)11-3-2-9(4-13(11)19(27,28)29)16(23)7-12(18(24,25)26)10-5-14(20)17(22)15(21)6-10/h2-7,12H,1H3/b16-7-. The molecule has 0 fully saturated rings. The zero-order valence-electron chi connectivity index (χ0n) is 14.7. The third kappa shape index (κ3) is 5.66. The summed E-state index contributed by atoms with van der Waals surface area (Å²) in [5.41, 5.74) is -2.84. The van der Waals surface area contributed by atoms with E-state index in [0.717, 1.165) is 24.3 Å². The summed E-state index contributed by atoms with van der Waals surface area (Å²) in [6, 6.07) is 3.95. The smallest absolute Gasteiger partial charge is 0.207 e. The van der Waals surface area contributed by atoms with Gasteiger partial charge in [0.25, 0.3) is 0 Å². The Bertz CT molecular complexity index is 987. The molecular weight excluding hydrogens is 500 g/mol. The lowest BCUT2D eigenvalue weighted by Crippen LogP contribution is -2.19. The van der Waals surface area contributed by atoms with Crippen molar-refractivity contribution in [3.05, 3.63) is 73.7 Å². The van der Waals surface area contributed by atoms with Crippen molar-refractivity contribution < 1.29 is 30.7 Å². The lowest BCUT2D eigenvalue weighted by molar-refractivity contribution is -0.140. The second-order valence-corrected chi connectivity index (χ2v) is 7.95. The van der Waals surface area contributed by atoms with Gasteiger partial charge in [-0.05, 0) is 36.8 Å². The molecule has 0 aliphatic carbocycles. The molecule has 162 valence electrons. The average molecular weight is 510 g/mol. The Morgan fingerprint density at radius 2 is 1.50 bits per heavy atom. The summed E-state index contributed by atoms with van der Waals surface area (Å²) in [5, 5.41) is -0.766. The number of alkyl halides is 6. The molecule has 0 aliphatic heterocycles. The van der Waals surface area contributed by atoms with Crippen molar-refractivity contribution in [3.63, 3.8) is 0 Å². The minimum absolute atomic E-state index is 0.100. The van der Waals surface area contributed by atoms with Crippen LogP contribution in [-0.4, -0.2) is 11.0 Å². The number of halogens is 10. The molecule has 30 heavy (non-hydrogen) atoms. The van der Waals surface area contributed by atoms with Gasteiger partial charge in [-0.1, -0.05) is 59.2 Å². The molecule has 11 heteroatoms. The van der Waals surface area contributed by atoms with Crippen molar-refractivity contribution in [1.82, 2.24) is 0 Å². The first-order chi connectivity index (χ1) is 13.6. The number of rotatable bonds is 4. The number of thiocarbonyl (C=S) groups is 1. The highest BCUT2D eigenvalue weighted by atomic mass is 35.5. The maximum absolute atomic E-state index is 14.7. The summed E-state index contributed by atoms with van der Waals surface area (Å²) in [6.45, 7) is 1.25. The first-order valence-corrected chi connectivity index (χ1v) is 9.48. The third-order valence-electron chi connectivity index (χ3n) is 4.01. The maximum Gasteiger partial charge on any atom is 0.417 e. The Hall–Kier alpha value is -1.35. The van der Waals surface area contributed by atoms with Gasteiger partial charge in [0.2, 0.25) is 0 Å². The summed E-state index contributed by atoms with van der Waals surface area (Å²) < 4.78 is 95.1. The van der Waals surface area contributed by atoms with Crippen molar-refractivity contribution >= 4 is 57.7 Å². The van der Waals surface area contributed by atoms with Gasteiger partial charge in [-0.2, -0.15) is 26.3 Å². The summed E-state index contributed by atoms with van der Waals surface area (Å²) in [4.78, 5) is -0.100. The SMILES string of the molecule is CC(=S)c1ccc(/C(F)=C/C(c2cc(Cl)c(Cl)c(Cl)c2)C(F)(F)F)cc1C(F)(F)F. The molecule has 0 radical (unpaired) electrons. The van der Waals surface area contributed by atoms with E-state index in [9.17, 15) is 30.7 Å². The van der Waals surface area contributed by atoms with Crippen LogP contribution in [-0.2, 0) is 6.18 Å². The van der Waals surface area contributed by atoms with E-state index in [2.05, 4.69) is 0 Å². The molecule has 2 aromatic rings. The fourth-order valence-corrected chi connectivity index (χ4v) is 3.40. The van der Waals surface area contributed by atoms with Crippen LogP contribution in [0.2, 0.25) is 15.1 Å². The minimum atomic E-state index is -4.99. The normalized spacial score (nSPS) is 14.0. The monoisotopic (exact) mass is 508 g/mol. The van der Waals surface area contributed by atoms with E-state index >= 15 is 0 Å². The van der Waals surface area contributed by atoms with Crippen molar-refractivity contribution in [2.45, 2.75) is 25.2 Å². The van der Waals surface area contributed by atoms with Crippen LogP contribution in [0.5, 0.6) is 0 Å². The van der Waals surface area contributed by atoms with E-state index in [1.54, 1.807) is 0 Å². The largest absolute Gasteiger partial charge is 0.417 e. The highest BCUT2D eigenvalue weighted by Gasteiger charge is 2.40. The fourth-order valence-electron chi connectivity index (χ4n) is 2.61. The first kappa shape index (κ1) is 24.9. The molecule has 2 rings (SSSR count). The van der Waals surface area contributed by atoms with Gasteiger partial charge in [0.05, 0.1) is 20.6 Å². The predicted molar refractivity (Wildman–Crippen MR) is 108 cm³/mol. The molecule has 0 saturated carbocycles. The topological polar surface area (TPSA) is 0 Å². The lowest BCUT2D eigenvalue weighted by Gasteiger charge is -2.19. The summed E-state index contributed by atoms with van der Waals surface area (Å²) in [7, 11) is 0.